The van der Waals surface area contributed by atoms with Gasteiger partial charge < -0.3 is 10.2 Å². The van der Waals surface area contributed by atoms with Crippen LogP contribution in [0.1, 0.15) is 35.8 Å². The largest absolute Gasteiger partial charge is 0.322 e. The van der Waals surface area contributed by atoms with Crippen molar-refractivity contribution in [2.75, 3.05) is 10.2 Å². The molecule has 2 amide bonds. The molecule has 0 bridgehead atoms. The minimum absolute atomic E-state index is 0.129. The third kappa shape index (κ3) is 3.08. The summed E-state index contributed by atoms with van der Waals surface area (Å²) < 4.78 is 0. The number of amides is 2. The molecule has 1 atom stereocenters. The second kappa shape index (κ2) is 6.20. The van der Waals surface area contributed by atoms with Crippen LogP contribution in [0, 0.1) is 6.92 Å². The van der Waals surface area contributed by atoms with Gasteiger partial charge in [0, 0.05) is 35.7 Å². The maximum atomic E-state index is 12.4. The summed E-state index contributed by atoms with van der Waals surface area (Å²) in [6.45, 7) is 3.84. The van der Waals surface area contributed by atoms with Crippen molar-refractivity contribution >= 4 is 23.2 Å². The van der Waals surface area contributed by atoms with E-state index in [-0.39, 0.29) is 17.9 Å². The summed E-state index contributed by atoms with van der Waals surface area (Å²) in [7, 11) is 0. The Balaban J connectivity index is 1.82. The summed E-state index contributed by atoms with van der Waals surface area (Å²) in [6, 6.07) is 11.1. The third-order valence-electron chi connectivity index (χ3n) is 4.12. The topological polar surface area (TPSA) is 62.3 Å². The van der Waals surface area contributed by atoms with Crippen LogP contribution in [0.5, 0.6) is 0 Å². The number of rotatable bonds is 3. The minimum atomic E-state index is -0.200. The molecule has 2 heterocycles. The molecule has 23 heavy (non-hydrogen) atoms. The Morgan fingerprint density at radius 1 is 1.30 bits per heavy atom. The number of nitrogens with zero attached hydrogens (tertiary/aromatic N) is 2. The first kappa shape index (κ1) is 15.2. The molecule has 118 valence electrons. The number of hydrogen-bond donors (Lipinski definition) is 1. The number of carbonyl (C=O) groups excluding carboxylic acids is 2. The smallest absolute Gasteiger partial charge is 0.257 e. The second-order valence-corrected chi connectivity index (χ2v) is 5.79. The molecule has 0 saturated carbocycles. The number of aromatic nitrogens is 1. The van der Waals surface area contributed by atoms with E-state index in [1.807, 2.05) is 31.2 Å². The minimum Gasteiger partial charge on any atom is -0.322 e. The molecule has 1 unspecified atom stereocenters. The van der Waals surface area contributed by atoms with Crippen LogP contribution in [0.2, 0.25) is 0 Å². The molecule has 1 fully saturated rings. The lowest BCUT2D eigenvalue weighted by Crippen LogP contribution is -2.30. The van der Waals surface area contributed by atoms with E-state index in [4.69, 9.17) is 0 Å². The first-order valence-corrected chi connectivity index (χ1v) is 7.71. The van der Waals surface area contributed by atoms with Crippen molar-refractivity contribution in [1.82, 2.24) is 4.98 Å². The average molecular weight is 309 g/mol. The van der Waals surface area contributed by atoms with E-state index in [1.54, 1.807) is 30.2 Å². The van der Waals surface area contributed by atoms with Gasteiger partial charge in [0.25, 0.3) is 5.91 Å². The number of hydrogen-bond acceptors (Lipinski definition) is 3. The van der Waals surface area contributed by atoms with Gasteiger partial charge >= 0.3 is 0 Å². The fourth-order valence-electron chi connectivity index (χ4n) is 2.88. The van der Waals surface area contributed by atoms with Crippen LogP contribution < -0.4 is 10.2 Å². The molecule has 3 rings (SSSR count). The Morgan fingerprint density at radius 3 is 2.83 bits per heavy atom. The van der Waals surface area contributed by atoms with Crippen molar-refractivity contribution in [3.63, 3.8) is 0 Å². The van der Waals surface area contributed by atoms with Crippen LogP contribution in [0.3, 0.4) is 0 Å². The van der Waals surface area contributed by atoms with Crippen molar-refractivity contribution in [2.45, 2.75) is 32.7 Å². The number of nitrogens with one attached hydrogen (secondary N) is 1. The molecule has 1 aromatic carbocycles. The molecule has 1 aromatic heterocycles. The van der Waals surface area contributed by atoms with E-state index in [0.29, 0.717) is 23.4 Å². The Kier molecular flexibility index (Phi) is 4.10. The van der Waals surface area contributed by atoms with E-state index in [0.717, 1.165) is 12.1 Å². The van der Waals surface area contributed by atoms with Gasteiger partial charge in [0.05, 0.1) is 5.56 Å². The fourth-order valence-corrected chi connectivity index (χ4v) is 2.88. The predicted octanol–water partition coefficient (Wildman–Crippen LogP) is 3.16. The van der Waals surface area contributed by atoms with E-state index in [2.05, 4.69) is 10.3 Å². The SMILES string of the molecule is Cc1ncccc1C(=O)Nc1cccc(N2C(=O)CCC2C)c1. The zero-order chi connectivity index (χ0) is 16.4. The normalized spacial score (nSPS) is 17.4. The Bertz CT molecular complexity index is 757. The van der Waals surface area contributed by atoms with Crippen LogP contribution in [0.15, 0.2) is 42.6 Å². The summed E-state index contributed by atoms with van der Waals surface area (Å²) in [5.41, 5.74) is 2.72. The molecule has 5 nitrogen and oxygen atoms in total. The van der Waals surface area contributed by atoms with Crippen molar-refractivity contribution in [1.29, 1.82) is 0 Å². The second-order valence-electron chi connectivity index (χ2n) is 5.79. The van der Waals surface area contributed by atoms with Crippen molar-refractivity contribution in [3.8, 4) is 0 Å². The van der Waals surface area contributed by atoms with Crippen molar-refractivity contribution < 1.29 is 9.59 Å². The molecule has 0 aliphatic carbocycles. The molecule has 1 saturated heterocycles. The zero-order valence-corrected chi connectivity index (χ0v) is 13.2. The Morgan fingerprint density at radius 2 is 2.13 bits per heavy atom. The van der Waals surface area contributed by atoms with Gasteiger partial charge in [-0.3, -0.25) is 14.6 Å². The number of anilines is 2. The van der Waals surface area contributed by atoms with E-state index >= 15 is 0 Å². The molecule has 1 aliphatic rings. The highest BCUT2D eigenvalue weighted by atomic mass is 16.2. The number of aryl methyl sites for hydroxylation is 1. The number of pyridine rings is 1. The van der Waals surface area contributed by atoms with Crippen LogP contribution in [0.25, 0.3) is 0 Å². The van der Waals surface area contributed by atoms with Crippen molar-refractivity contribution in [2.24, 2.45) is 0 Å². The predicted molar refractivity (Wildman–Crippen MR) is 89.6 cm³/mol. The molecule has 0 radical (unpaired) electrons. The third-order valence-corrected chi connectivity index (χ3v) is 4.12. The van der Waals surface area contributed by atoms with E-state index in [9.17, 15) is 9.59 Å². The lowest BCUT2D eigenvalue weighted by Gasteiger charge is -2.22. The average Bonchev–Trinajstić information content (AvgIpc) is 2.87. The highest BCUT2D eigenvalue weighted by Gasteiger charge is 2.28. The van der Waals surface area contributed by atoms with Crippen LogP contribution in [-0.2, 0) is 4.79 Å². The molecular formula is C18H19N3O2. The molecule has 1 N–H and O–H groups in total. The van der Waals surface area contributed by atoms with E-state index < -0.39 is 0 Å². The van der Waals surface area contributed by atoms with Gasteiger partial charge in [-0.1, -0.05) is 6.07 Å². The van der Waals surface area contributed by atoms with Gasteiger partial charge in [-0.2, -0.15) is 0 Å². The Hall–Kier alpha value is -2.69. The zero-order valence-electron chi connectivity index (χ0n) is 13.2. The Labute approximate surface area is 135 Å². The van der Waals surface area contributed by atoms with Gasteiger partial charge in [0.15, 0.2) is 0 Å². The highest BCUT2D eigenvalue weighted by Crippen LogP contribution is 2.28. The summed E-state index contributed by atoms with van der Waals surface area (Å²) in [5.74, 6) is -0.0716. The highest BCUT2D eigenvalue weighted by molar-refractivity contribution is 6.05. The standard InChI is InChI=1S/C18H19N3O2/c1-12-8-9-17(22)21(12)15-6-3-5-14(11-15)20-18(23)16-7-4-10-19-13(16)2/h3-7,10-12H,8-9H2,1-2H3,(H,20,23). The van der Waals surface area contributed by atoms with Gasteiger partial charge in [0.2, 0.25) is 5.91 Å². The first-order valence-electron chi connectivity index (χ1n) is 7.71. The van der Waals surface area contributed by atoms with Gasteiger partial charge in [0.1, 0.15) is 0 Å². The molecule has 0 spiro atoms. The van der Waals surface area contributed by atoms with Gasteiger partial charge in [-0.25, -0.2) is 0 Å². The molecule has 2 aromatic rings. The first-order chi connectivity index (χ1) is 11.1. The van der Waals surface area contributed by atoms with Crippen LogP contribution in [-0.4, -0.2) is 22.8 Å². The quantitative estimate of drug-likeness (QED) is 0.947. The van der Waals surface area contributed by atoms with Crippen LogP contribution >= 0.6 is 0 Å². The molecule has 1 aliphatic heterocycles. The summed E-state index contributed by atoms with van der Waals surface area (Å²) >= 11 is 0. The molecular weight excluding hydrogens is 290 g/mol. The monoisotopic (exact) mass is 309 g/mol. The summed E-state index contributed by atoms with van der Waals surface area (Å²) in [5, 5.41) is 2.88. The number of benzene rings is 1. The summed E-state index contributed by atoms with van der Waals surface area (Å²) in [6.07, 6.45) is 3.10. The maximum absolute atomic E-state index is 12.4. The lowest BCUT2D eigenvalue weighted by atomic mass is 10.2. The number of carbonyl (C=O) groups is 2. The fraction of sp³-hybridized carbons (Fsp3) is 0.278. The van der Waals surface area contributed by atoms with Gasteiger partial charge in [-0.15, -0.1) is 0 Å². The lowest BCUT2D eigenvalue weighted by molar-refractivity contribution is -0.117. The van der Waals surface area contributed by atoms with Crippen LogP contribution in [0.4, 0.5) is 11.4 Å². The summed E-state index contributed by atoms with van der Waals surface area (Å²) in [4.78, 5) is 30.3. The van der Waals surface area contributed by atoms with Gasteiger partial charge in [-0.05, 0) is 50.6 Å². The molecule has 5 heteroatoms. The van der Waals surface area contributed by atoms with Crippen molar-refractivity contribution in [3.05, 3.63) is 53.9 Å². The maximum Gasteiger partial charge on any atom is 0.257 e. The van der Waals surface area contributed by atoms with E-state index in [1.165, 1.54) is 0 Å².